The van der Waals surface area contributed by atoms with Crippen LogP contribution in [-0.4, -0.2) is 6.04 Å². The van der Waals surface area contributed by atoms with E-state index in [-0.39, 0.29) is 0 Å². The molecule has 0 aliphatic rings. The lowest BCUT2D eigenvalue weighted by Gasteiger charge is -2.12. The summed E-state index contributed by atoms with van der Waals surface area (Å²) in [6, 6.07) is 8.77. The molecule has 2 nitrogen and oxygen atoms in total. The summed E-state index contributed by atoms with van der Waals surface area (Å²) in [4.78, 5) is 0. The van der Waals surface area contributed by atoms with Crippen molar-refractivity contribution in [3.05, 3.63) is 36.1 Å². The molecule has 1 heterocycles. The number of furan rings is 1. The van der Waals surface area contributed by atoms with Crippen molar-refractivity contribution in [2.75, 3.05) is 0 Å². The highest BCUT2D eigenvalue weighted by molar-refractivity contribution is 5.80. The molecule has 1 unspecified atom stereocenters. The number of unbranched alkanes of at least 4 members (excludes halogenated alkanes) is 1. The summed E-state index contributed by atoms with van der Waals surface area (Å²) in [5.41, 5.74) is 2.23. The van der Waals surface area contributed by atoms with Crippen LogP contribution in [0.15, 0.2) is 34.9 Å². The summed E-state index contributed by atoms with van der Waals surface area (Å²) in [6.45, 7) is 5.37. The first-order valence-corrected chi connectivity index (χ1v) is 6.49. The highest BCUT2D eigenvalue weighted by atomic mass is 16.3. The largest absolute Gasteiger partial charge is 0.464 e. The first-order valence-electron chi connectivity index (χ1n) is 6.49. The van der Waals surface area contributed by atoms with Crippen molar-refractivity contribution >= 4 is 11.0 Å². The third-order valence-electron chi connectivity index (χ3n) is 3.19. The molecule has 0 radical (unpaired) electrons. The Morgan fingerprint density at radius 3 is 2.94 bits per heavy atom. The highest BCUT2D eigenvalue weighted by Crippen LogP contribution is 2.20. The molecule has 1 N–H and O–H groups in total. The number of hydrogen-bond acceptors (Lipinski definition) is 2. The zero-order valence-corrected chi connectivity index (χ0v) is 10.7. The van der Waals surface area contributed by atoms with E-state index in [4.69, 9.17) is 4.42 Å². The Morgan fingerprint density at radius 2 is 2.12 bits per heavy atom. The molecule has 1 aromatic heterocycles. The highest BCUT2D eigenvalue weighted by Gasteiger charge is 2.06. The summed E-state index contributed by atoms with van der Waals surface area (Å²) >= 11 is 0. The molecule has 1 atom stereocenters. The summed E-state index contributed by atoms with van der Waals surface area (Å²) in [5, 5.41) is 4.78. The van der Waals surface area contributed by atoms with Gasteiger partial charge in [0.25, 0.3) is 0 Å². The zero-order chi connectivity index (χ0) is 12.1. The second-order valence-corrected chi connectivity index (χ2v) is 4.68. The van der Waals surface area contributed by atoms with Gasteiger partial charge in [-0.2, -0.15) is 0 Å². The van der Waals surface area contributed by atoms with E-state index in [1.165, 1.54) is 30.2 Å². The predicted octanol–water partition coefficient (Wildman–Crippen LogP) is 4.10. The minimum atomic E-state index is 0.573. The van der Waals surface area contributed by atoms with Crippen molar-refractivity contribution in [1.29, 1.82) is 0 Å². The number of para-hydroxylation sites is 1. The number of fused-ring (bicyclic) bond motifs is 1. The molecule has 2 heteroatoms. The SMILES string of the molecule is CCCCC(C)NCc1coc2ccccc12. The molecule has 0 amide bonds. The van der Waals surface area contributed by atoms with Gasteiger partial charge in [0, 0.05) is 23.5 Å². The molecule has 0 spiro atoms. The van der Waals surface area contributed by atoms with E-state index in [1.54, 1.807) is 0 Å². The Balaban J connectivity index is 1.95. The van der Waals surface area contributed by atoms with Gasteiger partial charge in [0.1, 0.15) is 5.58 Å². The van der Waals surface area contributed by atoms with Crippen molar-refractivity contribution in [2.24, 2.45) is 0 Å². The fourth-order valence-electron chi connectivity index (χ4n) is 2.07. The topological polar surface area (TPSA) is 25.2 Å². The van der Waals surface area contributed by atoms with Gasteiger partial charge in [-0.1, -0.05) is 38.0 Å². The molecule has 0 saturated heterocycles. The van der Waals surface area contributed by atoms with Crippen LogP contribution in [0.5, 0.6) is 0 Å². The van der Waals surface area contributed by atoms with Crippen LogP contribution in [-0.2, 0) is 6.54 Å². The number of rotatable bonds is 6. The van der Waals surface area contributed by atoms with Crippen LogP contribution in [0.1, 0.15) is 38.7 Å². The van der Waals surface area contributed by atoms with Gasteiger partial charge in [0.2, 0.25) is 0 Å². The Morgan fingerprint density at radius 1 is 1.29 bits per heavy atom. The van der Waals surface area contributed by atoms with Crippen molar-refractivity contribution < 1.29 is 4.42 Å². The zero-order valence-electron chi connectivity index (χ0n) is 10.7. The van der Waals surface area contributed by atoms with Crippen molar-refractivity contribution in [3.8, 4) is 0 Å². The van der Waals surface area contributed by atoms with Gasteiger partial charge in [0.15, 0.2) is 0 Å². The molecular weight excluding hydrogens is 210 g/mol. The lowest BCUT2D eigenvalue weighted by Crippen LogP contribution is -2.25. The summed E-state index contributed by atoms with van der Waals surface area (Å²) < 4.78 is 5.52. The summed E-state index contributed by atoms with van der Waals surface area (Å²) in [7, 11) is 0. The minimum Gasteiger partial charge on any atom is -0.464 e. The van der Waals surface area contributed by atoms with Crippen LogP contribution in [0, 0.1) is 0 Å². The van der Waals surface area contributed by atoms with Crippen molar-refractivity contribution in [3.63, 3.8) is 0 Å². The minimum absolute atomic E-state index is 0.573. The molecule has 0 fully saturated rings. The van der Waals surface area contributed by atoms with E-state index in [0.29, 0.717) is 6.04 Å². The quantitative estimate of drug-likeness (QED) is 0.809. The molecule has 0 saturated carbocycles. The number of nitrogens with one attached hydrogen (secondary N) is 1. The van der Waals surface area contributed by atoms with Gasteiger partial charge in [-0.15, -0.1) is 0 Å². The van der Waals surface area contributed by atoms with Gasteiger partial charge in [-0.25, -0.2) is 0 Å². The van der Waals surface area contributed by atoms with Gasteiger partial charge in [0.05, 0.1) is 6.26 Å². The van der Waals surface area contributed by atoms with Gasteiger partial charge in [-0.3, -0.25) is 0 Å². The summed E-state index contributed by atoms with van der Waals surface area (Å²) in [6.07, 6.45) is 5.66. The molecule has 17 heavy (non-hydrogen) atoms. The van der Waals surface area contributed by atoms with E-state index in [1.807, 2.05) is 18.4 Å². The lowest BCUT2D eigenvalue weighted by molar-refractivity contribution is 0.493. The Hall–Kier alpha value is -1.28. The van der Waals surface area contributed by atoms with Crippen LogP contribution in [0.25, 0.3) is 11.0 Å². The van der Waals surface area contributed by atoms with E-state index in [0.717, 1.165) is 12.1 Å². The first kappa shape index (κ1) is 12.2. The number of hydrogen-bond donors (Lipinski definition) is 1. The van der Waals surface area contributed by atoms with Gasteiger partial charge in [-0.05, 0) is 19.4 Å². The standard InChI is InChI=1S/C15H21NO/c1-3-4-7-12(2)16-10-13-11-17-15-9-6-5-8-14(13)15/h5-6,8-9,11-12,16H,3-4,7,10H2,1-2H3. The molecular formula is C15H21NO. The lowest BCUT2D eigenvalue weighted by atomic mass is 10.1. The van der Waals surface area contributed by atoms with E-state index >= 15 is 0 Å². The Labute approximate surface area is 103 Å². The predicted molar refractivity (Wildman–Crippen MR) is 72.0 cm³/mol. The Bertz CT molecular complexity index is 461. The normalized spacial score (nSPS) is 13.1. The van der Waals surface area contributed by atoms with Crippen LogP contribution < -0.4 is 5.32 Å². The monoisotopic (exact) mass is 231 g/mol. The average Bonchev–Trinajstić information content (AvgIpc) is 2.77. The fraction of sp³-hybridized carbons (Fsp3) is 0.467. The van der Waals surface area contributed by atoms with Crippen LogP contribution >= 0.6 is 0 Å². The van der Waals surface area contributed by atoms with Gasteiger partial charge < -0.3 is 9.73 Å². The van der Waals surface area contributed by atoms with Crippen LogP contribution in [0.3, 0.4) is 0 Å². The Kier molecular flexibility index (Phi) is 4.21. The molecule has 0 aliphatic carbocycles. The molecule has 92 valence electrons. The van der Waals surface area contributed by atoms with E-state index in [9.17, 15) is 0 Å². The summed E-state index contributed by atoms with van der Waals surface area (Å²) in [5.74, 6) is 0. The third-order valence-corrected chi connectivity index (χ3v) is 3.19. The van der Waals surface area contributed by atoms with E-state index < -0.39 is 0 Å². The fourth-order valence-corrected chi connectivity index (χ4v) is 2.07. The maximum absolute atomic E-state index is 5.52. The molecule has 0 aliphatic heterocycles. The van der Waals surface area contributed by atoms with Crippen LogP contribution in [0.2, 0.25) is 0 Å². The van der Waals surface area contributed by atoms with Crippen molar-refractivity contribution in [2.45, 2.75) is 45.7 Å². The van der Waals surface area contributed by atoms with E-state index in [2.05, 4.69) is 31.3 Å². The second kappa shape index (κ2) is 5.87. The van der Waals surface area contributed by atoms with Crippen molar-refractivity contribution in [1.82, 2.24) is 5.32 Å². The number of benzene rings is 1. The first-order chi connectivity index (χ1) is 8.31. The molecule has 0 bridgehead atoms. The maximum atomic E-state index is 5.52. The maximum Gasteiger partial charge on any atom is 0.134 e. The van der Waals surface area contributed by atoms with Gasteiger partial charge >= 0.3 is 0 Å². The smallest absolute Gasteiger partial charge is 0.134 e. The van der Waals surface area contributed by atoms with Crippen LogP contribution in [0.4, 0.5) is 0 Å². The molecule has 2 aromatic rings. The molecule has 2 rings (SSSR count). The average molecular weight is 231 g/mol. The second-order valence-electron chi connectivity index (χ2n) is 4.68. The molecule has 1 aromatic carbocycles. The third kappa shape index (κ3) is 3.10.